The van der Waals surface area contributed by atoms with E-state index in [0.29, 0.717) is 5.76 Å². The number of rotatable bonds is 1. The number of carbonyl (C=O) groups is 2. The predicted molar refractivity (Wildman–Crippen MR) is 57.6 cm³/mol. The summed E-state index contributed by atoms with van der Waals surface area (Å²) in [6, 6.07) is -0.410. The van der Waals surface area contributed by atoms with E-state index in [1.165, 1.54) is 13.2 Å². The zero-order valence-corrected chi connectivity index (χ0v) is 10.2. The molecule has 16 heavy (non-hydrogen) atoms. The van der Waals surface area contributed by atoms with Gasteiger partial charge in [0.25, 0.3) is 5.91 Å². The fraction of sp³-hybridized carbons (Fsp3) is 0.636. The smallest absolute Gasteiger partial charge is 0.417 e. The van der Waals surface area contributed by atoms with Crippen molar-refractivity contribution in [2.75, 3.05) is 7.11 Å². The summed E-state index contributed by atoms with van der Waals surface area (Å²) in [6.45, 7) is 6.96. The van der Waals surface area contributed by atoms with E-state index < -0.39 is 23.6 Å². The van der Waals surface area contributed by atoms with Crippen LogP contribution in [0.4, 0.5) is 4.79 Å². The lowest BCUT2D eigenvalue weighted by Gasteiger charge is -2.26. The molecule has 0 aromatic heterocycles. The Kier molecular flexibility index (Phi) is 3.26. The minimum Gasteiger partial charge on any atom is -0.499 e. The Morgan fingerprint density at radius 1 is 1.44 bits per heavy atom. The van der Waals surface area contributed by atoms with E-state index in [1.807, 2.05) is 0 Å². The van der Waals surface area contributed by atoms with Gasteiger partial charge in [-0.05, 0) is 27.7 Å². The summed E-state index contributed by atoms with van der Waals surface area (Å²) in [7, 11) is 1.47. The zero-order valence-electron chi connectivity index (χ0n) is 10.2. The first-order valence-corrected chi connectivity index (χ1v) is 5.08. The number of imide groups is 1. The molecule has 0 N–H and O–H groups in total. The average molecular weight is 227 g/mol. The molecule has 1 atom stereocenters. The van der Waals surface area contributed by atoms with Crippen molar-refractivity contribution in [1.82, 2.24) is 4.90 Å². The van der Waals surface area contributed by atoms with Gasteiger partial charge in [0.05, 0.1) is 13.2 Å². The first-order valence-electron chi connectivity index (χ1n) is 5.08. The highest BCUT2D eigenvalue weighted by molar-refractivity contribution is 6.02. The van der Waals surface area contributed by atoms with Crippen LogP contribution < -0.4 is 0 Å². The zero-order chi connectivity index (χ0) is 12.5. The van der Waals surface area contributed by atoms with E-state index in [9.17, 15) is 9.59 Å². The van der Waals surface area contributed by atoms with Crippen LogP contribution >= 0.6 is 0 Å². The molecule has 0 unspecified atom stereocenters. The number of nitrogens with zero attached hydrogens (tertiary/aromatic N) is 1. The molecule has 5 nitrogen and oxygen atoms in total. The van der Waals surface area contributed by atoms with Crippen molar-refractivity contribution in [3.05, 3.63) is 11.8 Å². The molecular formula is C11H17NO4. The summed E-state index contributed by atoms with van der Waals surface area (Å²) in [6.07, 6.45) is 0.655. The van der Waals surface area contributed by atoms with Gasteiger partial charge in [-0.15, -0.1) is 0 Å². The van der Waals surface area contributed by atoms with Gasteiger partial charge in [-0.3, -0.25) is 4.79 Å². The van der Waals surface area contributed by atoms with Gasteiger partial charge >= 0.3 is 6.09 Å². The molecule has 1 aliphatic rings. The Balaban J connectivity index is 2.77. The first-order chi connectivity index (χ1) is 7.26. The number of hydrogen-bond acceptors (Lipinski definition) is 4. The molecule has 1 heterocycles. The van der Waals surface area contributed by atoms with Gasteiger partial charge < -0.3 is 9.47 Å². The monoisotopic (exact) mass is 227 g/mol. The minimum absolute atomic E-state index is 0.404. The van der Waals surface area contributed by atoms with E-state index >= 15 is 0 Å². The van der Waals surface area contributed by atoms with Gasteiger partial charge in [-0.25, -0.2) is 9.69 Å². The molecule has 2 amide bonds. The van der Waals surface area contributed by atoms with Crippen LogP contribution in [0.3, 0.4) is 0 Å². The standard InChI is InChI=1S/C11H17NO4/c1-7-8(15-5)6-9(13)12(7)10(14)16-11(2,3)4/h6-7H,1-5H3/t7-/m0/s1. The Bertz CT molecular complexity index is 340. The van der Waals surface area contributed by atoms with E-state index in [4.69, 9.17) is 9.47 Å². The van der Waals surface area contributed by atoms with Crippen LogP contribution in [0.5, 0.6) is 0 Å². The van der Waals surface area contributed by atoms with E-state index in [1.54, 1.807) is 27.7 Å². The van der Waals surface area contributed by atoms with E-state index in [-0.39, 0.29) is 0 Å². The summed E-state index contributed by atoms with van der Waals surface area (Å²) in [4.78, 5) is 24.3. The Morgan fingerprint density at radius 2 is 2.00 bits per heavy atom. The molecular weight excluding hydrogens is 210 g/mol. The van der Waals surface area contributed by atoms with Crippen LogP contribution in [0.25, 0.3) is 0 Å². The average Bonchev–Trinajstić information content (AvgIpc) is 2.38. The van der Waals surface area contributed by atoms with Gasteiger partial charge in [0, 0.05) is 6.08 Å². The molecule has 0 bridgehead atoms. The van der Waals surface area contributed by atoms with Gasteiger partial charge in [0.2, 0.25) is 0 Å². The van der Waals surface area contributed by atoms with Crippen LogP contribution in [-0.4, -0.2) is 35.7 Å². The molecule has 5 heteroatoms. The van der Waals surface area contributed by atoms with Gasteiger partial charge in [-0.2, -0.15) is 0 Å². The lowest BCUT2D eigenvalue weighted by Crippen LogP contribution is -2.42. The molecule has 1 rings (SSSR count). The second-order valence-electron chi connectivity index (χ2n) is 4.62. The van der Waals surface area contributed by atoms with Crippen LogP contribution in [0.2, 0.25) is 0 Å². The second-order valence-corrected chi connectivity index (χ2v) is 4.62. The highest BCUT2D eigenvalue weighted by atomic mass is 16.6. The number of carbonyl (C=O) groups excluding carboxylic acids is 2. The molecule has 1 aliphatic heterocycles. The van der Waals surface area contributed by atoms with Crippen LogP contribution in [0.1, 0.15) is 27.7 Å². The molecule has 0 fully saturated rings. The first kappa shape index (κ1) is 12.5. The van der Waals surface area contributed by atoms with Crippen molar-refractivity contribution in [3.63, 3.8) is 0 Å². The van der Waals surface area contributed by atoms with E-state index in [2.05, 4.69) is 0 Å². The maximum Gasteiger partial charge on any atom is 0.417 e. The number of hydrogen-bond donors (Lipinski definition) is 0. The van der Waals surface area contributed by atoms with Crippen LogP contribution in [0.15, 0.2) is 11.8 Å². The molecule has 90 valence electrons. The second kappa shape index (κ2) is 4.15. The highest BCUT2D eigenvalue weighted by Gasteiger charge is 2.37. The van der Waals surface area contributed by atoms with E-state index in [0.717, 1.165) is 4.90 Å². The minimum atomic E-state index is -0.645. The maximum absolute atomic E-state index is 11.7. The topological polar surface area (TPSA) is 55.8 Å². The third kappa shape index (κ3) is 2.53. The maximum atomic E-state index is 11.7. The van der Waals surface area contributed by atoms with Crippen molar-refractivity contribution in [2.45, 2.75) is 39.3 Å². The van der Waals surface area contributed by atoms with Crippen molar-refractivity contribution in [2.24, 2.45) is 0 Å². The predicted octanol–water partition coefficient (Wildman–Crippen LogP) is 1.68. The SMILES string of the molecule is COC1=CC(=O)N(C(=O)OC(C)(C)C)[C@H]1C. The molecule has 0 saturated heterocycles. The lowest BCUT2D eigenvalue weighted by atomic mass is 10.2. The molecule has 0 aliphatic carbocycles. The largest absolute Gasteiger partial charge is 0.499 e. The quantitative estimate of drug-likeness (QED) is 0.684. The Morgan fingerprint density at radius 3 is 2.38 bits per heavy atom. The van der Waals surface area contributed by atoms with Gasteiger partial charge in [0.1, 0.15) is 11.4 Å². The number of ether oxygens (including phenoxy) is 2. The molecule has 0 aromatic rings. The van der Waals surface area contributed by atoms with Gasteiger partial charge in [-0.1, -0.05) is 0 Å². The fourth-order valence-electron chi connectivity index (χ4n) is 1.42. The lowest BCUT2D eigenvalue weighted by molar-refractivity contribution is -0.125. The normalized spacial score (nSPS) is 20.8. The fourth-order valence-corrected chi connectivity index (χ4v) is 1.42. The van der Waals surface area contributed by atoms with Gasteiger partial charge in [0.15, 0.2) is 0 Å². The molecule has 0 saturated carbocycles. The molecule has 0 spiro atoms. The summed E-state index contributed by atoms with van der Waals surface area (Å²) >= 11 is 0. The molecule has 0 aromatic carbocycles. The molecule has 0 radical (unpaired) electrons. The number of methoxy groups -OCH3 is 1. The summed E-state index contributed by atoms with van der Waals surface area (Å²) in [5, 5.41) is 0. The number of amides is 2. The Hall–Kier alpha value is -1.52. The van der Waals surface area contributed by atoms with Crippen molar-refractivity contribution < 1.29 is 19.1 Å². The van der Waals surface area contributed by atoms with Crippen molar-refractivity contribution in [1.29, 1.82) is 0 Å². The summed E-state index contributed by atoms with van der Waals surface area (Å²) in [5.74, 6) is 0.0643. The summed E-state index contributed by atoms with van der Waals surface area (Å²) < 4.78 is 10.1. The van der Waals surface area contributed by atoms with Crippen molar-refractivity contribution >= 4 is 12.0 Å². The van der Waals surface area contributed by atoms with Crippen LogP contribution in [-0.2, 0) is 14.3 Å². The highest BCUT2D eigenvalue weighted by Crippen LogP contribution is 2.22. The summed E-state index contributed by atoms with van der Waals surface area (Å²) in [5.41, 5.74) is -0.618. The van der Waals surface area contributed by atoms with Crippen LogP contribution in [0, 0.1) is 0 Å². The third-order valence-electron chi connectivity index (χ3n) is 2.13. The van der Waals surface area contributed by atoms with Crippen molar-refractivity contribution in [3.8, 4) is 0 Å². The Labute approximate surface area is 95.0 Å². The third-order valence-corrected chi connectivity index (χ3v) is 2.13.